The van der Waals surface area contributed by atoms with Crippen molar-refractivity contribution in [3.8, 4) is 11.5 Å². The van der Waals surface area contributed by atoms with Crippen LogP contribution in [-0.4, -0.2) is 51.1 Å². The van der Waals surface area contributed by atoms with Crippen molar-refractivity contribution in [3.63, 3.8) is 0 Å². The van der Waals surface area contributed by atoms with Crippen LogP contribution in [0.4, 0.5) is 0 Å². The maximum atomic E-state index is 9.96. The third kappa shape index (κ3) is 8.00. The Morgan fingerprint density at radius 2 is 1.18 bits per heavy atom. The summed E-state index contributed by atoms with van der Waals surface area (Å²) in [5, 5.41) is 37.4. The van der Waals surface area contributed by atoms with Crippen LogP contribution in [0, 0.1) is 24.7 Å². The molecule has 2 aromatic carbocycles. The molecule has 13 heteroatoms. The molecule has 2 atom stereocenters. The number of aromatic nitrogens is 2. The molecule has 2 aliphatic heterocycles. The van der Waals surface area contributed by atoms with Gasteiger partial charge in [0.2, 0.25) is 0 Å². The highest BCUT2D eigenvalue weighted by Gasteiger charge is 2.29. The number of fused-ring (bicyclic) bond motifs is 2. The van der Waals surface area contributed by atoms with Crippen molar-refractivity contribution >= 4 is 35.1 Å². The number of halogens is 2. The van der Waals surface area contributed by atoms with Crippen molar-refractivity contribution in [3.05, 3.63) is 116 Å². The summed E-state index contributed by atoms with van der Waals surface area (Å²) in [6.45, 7) is 4.39. The number of ether oxygens (including phenoxy) is 2. The van der Waals surface area contributed by atoms with Crippen molar-refractivity contribution in [2.45, 2.75) is 39.3 Å². The summed E-state index contributed by atoms with van der Waals surface area (Å²) in [5.41, 5.74) is 11.8. The number of nitrogens with zero attached hydrogens (tertiary/aromatic N) is 3. The van der Waals surface area contributed by atoms with Crippen LogP contribution in [-0.2, 0) is 22.7 Å². The molecule has 45 heavy (non-hydrogen) atoms. The largest absolute Gasteiger partial charge is 0.506 e. The van der Waals surface area contributed by atoms with E-state index < -0.39 is 0 Å². The molecule has 4 aromatic rings. The van der Waals surface area contributed by atoms with Gasteiger partial charge in [-0.1, -0.05) is 47.5 Å². The van der Waals surface area contributed by atoms with Gasteiger partial charge in [0.25, 0.3) is 0 Å². The van der Waals surface area contributed by atoms with Gasteiger partial charge in [0.15, 0.2) is 11.9 Å². The summed E-state index contributed by atoms with van der Waals surface area (Å²) in [5.74, 6) is 0.379. The Morgan fingerprint density at radius 1 is 0.800 bits per heavy atom. The number of hydrogen-bond acceptors (Lipinski definition) is 8. The molecule has 0 spiro atoms. The molecular formula is C32H35Cl2N7O4. The molecule has 0 saturated heterocycles. The second-order valence-electron chi connectivity index (χ2n) is 10.5. The lowest BCUT2D eigenvalue weighted by atomic mass is 10.0. The van der Waals surface area contributed by atoms with Crippen molar-refractivity contribution in [2.24, 2.45) is 5.73 Å². The van der Waals surface area contributed by atoms with Crippen LogP contribution in [0.3, 0.4) is 0 Å². The number of benzene rings is 2. The fraction of sp³-hybridized carbons (Fsp3) is 0.250. The first-order valence-electron chi connectivity index (χ1n) is 13.8. The molecule has 0 amide bonds. The van der Waals surface area contributed by atoms with Crippen molar-refractivity contribution in [1.82, 2.24) is 20.2 Å². The predicted molar refractivity (Wildman–Crippen MR) is 174 cm³/mol. The number of hydrogen-bond donors (Lipinski definition) is 6. The van der Waals surface area contributed by atoms with E-state index in [1.54, 1.807) is 40.3 Å². The Kier molecular flexibility index (Phi) is 10.8. The summed E-state index contributed by atoms with van der Waals surface area (Å²) in [7, 11) is 3.39. The molecule has 6 rings (SSSR count). The second kappa shape index (κ2) is 14.6. The van der Waals surface area contributed by atoms with E-state index >= 15 is 0 Å². The van der Waals surface area contributed by atoms with E-state index in [0.717, 1.165) is 33.4 Å². The van der Waals surface area contributed by atoms with E-state index in [4.69, 9.17) is 49.2 Å². The third-order valence-electron chi connectivity index (χ3n) is 7.15. The maximum absolute atomic E-state index is 9.96. The summed E-state index contributed by atoms with van der Waals surface area (Å²) < 4.78 is 11.5. The highest BCUT2D eigenvalue weighted by atomic mass is 35.5. The second-order valence-corrected chi connectivity index (χ2v) is 11.4. The number of nitrogens with two attached hydrogens (primary N) is 1. The number of aromatic hydroxyl groups is 2. The molecule has 0 bridgehead atoms. The van der Waals surface area contributed by atoms with Crippen molar-refractivity contribution in [2.75, 3.05) is 14.1 Å². The van der Waals surface area contributed by atoms with Gasteiger partial charge in [-0.15, -0.1) is 0 Å². The lowest BCUT2D eigenvalue weighted by Gasteiger charge is -2.13. The zero-order chi connectivity index (χ0) is 32.8. The Labute approximate surface area is 271 Å². The number of pyridine rings is 2. The minimum Gasteiger partial charge on any atom is -0.506 e. The SMILES string of the molecule is CN(C)C(=N)NC(=N)N.Cc1ncc2c(c1O)COC2c1ccc(Cl)cc1.Cc1ncc2c(c1O)COC2c1ccc(Cl)cc1. The Bertz CT molecular complexity index is 1570. The average molecular weight is 653 g/mol. The molecule has 11 nitrogen and oxygen atoms in total. The fourth-order valence-electron chi connectivity index (χ4n) is 4.66. The molecule has 0 fully saturated rings. The molecule has 2 aromatic heterocycles. The van der Waals surface area contributed by atoms with Crippen LogP contribution in [0.25, 0.3) is 0 Å². The first-order chi connectivity index (χ1) is 21.4. The van der Waals surface area contributed by atoms with E-state index in [-0.39, 0.29) is 35.6 Å². The lowest BCUT2D eigenvalue weighted by Crippen LogP contribution is -2.42. The standard InChI is InChI=1S/2C14H12ClNO2.C4H11N5/c2*1-8-13(17)12-7-18-14(11(12)6-16-8)9-2-4-10(15)5-3-9;1-9(2)4(7)8-3(5)6/h2*2-6,14,17H,7H2,1H3;1-2H3,(H5,5,6,7,8). The van der Waals surface area contributed by atoms with E-state index in [2.05, 4.69) is 15.3 Å². The van der Waals surface area contributed by atoms with Gasteiger partial charge in [-0.25, -0.2) is 0 Å². The van der Waals surface area contributed by atoms with E-state index in [9.17, 15) is 10.2 Å². The van der Waals surface area contributed by atoms with E-state index in [0.29, 0.717) is 34.6 Å². The zero-order valence-corrected chi connectivity index (χ0v) is 26.7. The van der Waals surface area contributed by atoms with E-state index in [1.807, 2.05) is 48.5 Å². The van der Waals surface area contributed by atoms with E-state index in [1.165, 1.54) is 4.90 Å². The van der Waals surface area contributed by atoms with Crippen molar-refractivity contribution < 1.29 is 19.7 Å². The smallest absolute Gasteiger partial charge is 0.197 e. The van der Waals surface area contributed by atoms with Crippen LogP contribution in [0.15, 0.2) is 60.9 Å². The van der Waals surface area contributed by atoms with Crippen LogP contribution >= 0.6 is 23.2 Å². The van der Waals surface area contributed by atoms with Crippen LogP contribution in [0.2, 0.25) is 10.0 Å². The number of guanidine groups is 2. The van der Waals surface area contributed by atoms with Gasteiger partial charge in [0.1, 0.15) is 23.7 Å². The maximum Gasteiger partial charge on any atom is 0.197 e. The van der Waals surface area contributed by atoms with Crippen LogP contribution < -0.4 is 11.1 Å². The molecule has 236 valence electrons. The summed E-state index contributed by atoms with van der Waals surface area (Å²) >= 11 is 11.7. The number of nitrogens with one attached hydrogen (secondary N) is 3. The molecule has 0 radical (unpaired) electrons. The van der Waals surface area contributed by atoms with Gasteiger partial charge in [-0.3, -0.25) is 26.1 Å². The van der Waals surface area contributed by atoms with Crippen LogP contribution in [0.1, 0.15) is 57.0 Å². The predicted octanol–water partition coefficient (Wildman–Crippen LogP) is 5.70. The van der Waals surface area contributed by atoms with Gasteiger partial charge in [-0.05, 0) is 49.2 Å². The number of aryl methyl sites for hydroxylation is 2. The highest BCUT2D eigenvalue weighted by molar-refractivity contribution is 6.30. The average Bonchev–Trinajstić information content (AvgIpc) is 3.64. The van der Waals surface area contributed by atoms with Gasteiger partial charge in [-0.2, -0.15) is 0 Å². The molecule has 0 aliphatic carbocycles. The topological polar surface area (TPSA) is 174 Å². The molecule has 0 saturated carbocycles. The highest BCUT2D eigenvalue weighted by Crippen LogP contribution is 2.41. The Hall–Kier alpha value is -4.42. The molecule has 2 aliphatic rings. The minimum atomic E-state index is -0.214. The summed E-state index contributed by atoms with van der Waals surface area (Å²) in [4.78, 5) is 9.89. The monoisotopic (exact) mass is 651 g/mol. The number of rotatable bonds is 2. The molecule has 2 unspecified atom stereocenters. The summed E-state index contributed by atoms with van der Waals surface area (Å²) in [6.07, 6.45) is 3.21. The van der Waals surface area contributed by atoms with Gasteiger partial charge in [0.05, 0.1) is 24.6 Å². The Morgan fingerprint density at radius 3 is 1.49 bits per heavy atom. The van der Waals surface area contributed by atoms with Gasteiger partial charge < -0.3 is 30.3 Å². The third-order valence-corrected chi connectivity index (χ3v) is 7.65. The zero-order valence-electron chi connectivity index (χ0n) is 25.2. The van der Waals surface area contributed by atoms with Crippen molar-refractivity contribution in [1.29, 1.82) is 10.8 Å². The molecule has 7 N–H and O–H groups in total. The van der Waals surface area contributed by atoms with Gasteiger partial charge >= 0.3 is 0 Å². The lowest BCUT2D eigenvalue weighted by molar-refractivity contribution is 0.0931. The Balaban J connectivity index is 0.000000164. The molecule has 4 heterocycles. The normalized spacial score (nSPS) is 15.9. The first kappa shape index (κ1) is 33.5. The first-order valence-corrected chi connectivity index (χ1v) is 14.6. The fourth-order valence-corrected chi connectivity index (χ4v) is 4.91. The quantitative estimate of drug-likeness (QED) is 0.117. The minimum absolute atomic E-state index is 0.113. The van der Waals surface area contributed by atoms with Crippen LogP contribution in [0.5, 0.6) is 11.5 Å². The summed E-state index contributed by atoms with van der Waals surface area (Å²) in [6, 6.07) is 15.1. The molecular weight excluding hydrogens is 617 g/mol. The van der Waals surface area contributed by atoms with Gasteiger partial charge in [0, 0.05) is 58.8 Å².